The fraction of sp³-hybridized carbons (Fsp3) is 0.441. The van der Waals surface area contributed by atoms with Gasteiger partial charge in [-0.3, -0.25) is 19.2 Å². The minimum Gasteiger partial charge on any atom is -0.508 e. The number of carbonyl (C=O) groups excluding carboxylic acids is 4. The highest BCUT2D eigenvalue weighted by atomic mass is 32.1. The van der Waals surface area contributed by atoms with Crippen molar-refractivity contribution in [1.29, 1.82) is 0 Å². The summed E-state index contributed by atoms with van der Waals surface area (Å²) in [5, 5.41) is 37.6. The van der Waals surface area contributed by atoms with E-state index in [1.807, 2.05) is 76.5 Å². The predicted octanol–water partition coefficient (Wildman–Crippen LogP) is 9.60. The number of thiazole rings is 1. The Morgan fingerprint density at radius 1 is 0.880 bits per heavy atom. The number of aryl methyl sites for hydroxylation is 1. The largest absolute Gasteiger partial charge is 0.508 e. The van der Waals surface area contributed by atoms with Gasteiger partial charge in [0.25, 0.3) is 0 Å². The average molecular weight is 1060 g/mol. The van der Waals surface area contributed by atoms with Crippen LogP contribution in [0.2, 0.25) is 0 Å². The molecule has 0 spiro atoms. The van der Waals surface area contributed by atoms with Gasteiger partial charge in [-0.05, 0) is 167 Å². The molecule has 4 aromatic carbocycles. The van der Waals surface area contributed by atoms with Gasteiger partial charge in [-0.1, -0.05) is 52.0 Å². The second kappa shape index (κ2) is 24.7. The van der Waals surface area contributed by atoms with Gasteiger partial charge < -0.3 is 45.4 Å². The number of benzene rings is 4. The van der Waals surface area contributed by atoms with E-state index in [0.717, 1.165) is 101 Å². The molecule has 2 aliphatic rings. The van der Waals surface area contributed by atoms with Crippen molar-refractivity contribution in [2.45, 2.75) is 104 Å². The zero-order valence-corrected chi connectivity index (χ0v) is 45.6. The van der Waals surface area contributed by atoms with Gasteiger partial charge in [0.15, 0.2) is 5.78 Å². The van der Waals surface area contributed by atoms with Crippen molar-refractivity contribution in [3.05, 3.63) is 119 Å². The summed E-state index contributed by atoms with van der Waals surface area (Å²) in [4.78, 5) is 68.0. The molecule has 0 bridgehead atoms. The highest BCUT2D eigenvalue weighted by Crippen LogP contribution is 2.42. The molecule has 5 N–H and O–H groups in total. The summed E-state index contributed by atoms with van der Waals surface area (Å²) in [6, 6.07) is 25.0. The number of amides is 3. The van der Waals surface area contributed by atoms with Crippen molar-refractivity contribution in [1.82, 2.24) is 30.3 Å². The third-order valence-electron chi connectivity index (χ3n) is 14.8. The van der Waals surface area contributed by atoms with E-state index in [1.54, 1.807) is 65.9 Å². The van der Waals surface area contributed by atoms with Crippen LogP contribution in [-0.4, -0.2) is 129 Å². The summed E-state index contributed by atoms with van der Waals surface area (Å²) < 4.78 is 6.96. The van der Waals surface area contributed by atoms with E-state index in [1.165, 1.54) is 16.2 Å². The number of carbonyl (C=O) groups is 4. The monoisotopic (exact) mass is 1060 g/mol. The summed E-state index contributed by atoms with van der Waals surface area (Å²) in [6.07, 6.45) is 3.52. The molecule has 4 unspecified atom stereocenters. The number of nitrogens with one attached hydrogen (secondary N) is 2. The molecule has 16 heteroatoms. The second-order valence-corrected chi connectivity index (χ2v) is 23.1. The lowest BCUT2D eigenvalue weighted by Crippen LogP contribution is -2.57. The van der Waals surface area contributed by atoms with Crippen molar-refractivity contribution in [3.63, 3.8) is 0 Å². The number of aromatic hydroxyl groups is 2. The number of likely N-dealkylation sites (N-methyl/N-ethyl adjacent to an activating group) is 1. The Kier molecular flexibility index (Phi) is 18.1. The van der Waals surface area contributed by atoms with Crippen molar-refractivity contribution in [2.24, 2.45) is 11.3 Å². The highest BCUT2D eigenvalue weighted by molar-refractivity contribution is 7.22. The molecule has 3 amide bonds. The first-order valence-electron chi connectivity index (χ1n) is 26.3. The molecule has 4 heterocycles. The van der Waals surface area contributed by atoms with E-state index in [-0.39, 0.29) is 60.4 Å². The summed E-state index contributed by atoms with van der Waals surface area (Å²) in [5.41, 5.74) is 6.05. The predicted molar refractivity (Wildman–Crippen MR) is 297 cm³/mol. The van der Waals surface area contributed by atoms with E-state index >= 15 is 0 Å². The van der Waals surface area contributed by atoms with E-state index in [0.29, 0.717) is 35.8 Å². The minimum atomic E-state index is -0.870. The molecule has 0 saturated carbocycles. The molecule has 2 aliphatic heterocycles. The maximum atomic E-state index is 14.2. The number of hydrogen-bond acceptors (Lipinski definition) is 13. The molecule has 398 valence electrons. The van der Waals surface area contributed by atoms with Gasteiger partial charge in [-0.25, -0.2) is 4.98 Å². The van der Waals surface area contributed by atoms with E-state index in [4.69, 9.17) is 4.74 Å². The number of ether oxygens (including phenoxy) is 1. The maximum Gasteiger partial charge on any atom is 0.246 e. The molecule has 2 fully saturated rings. The lowest BCUT2D eigenvalue weighted by atomic mass is 9.85. The Labute approximate surface area is 448 Å². The zero-order chi connectivity index (χ0) is 53.4. The molecule has 0 aliphatic carbocycles. The number of piperidine rings is 1. The first-order valence-corrected chi connectivity index (χ1v) is 28.0. The van der Waals surface area contributed by atoms with E-state index < -0.39 is 23.6 Å². The number of phenols is 2. The van der Waals surface area contributed by atoms with Crippen LogP contribution in [0.25, 0.3) is 31.0 Å². The molecular weight excluding hydrogens is 985 g/mol. The Morgan fingerprint density at radius 2 is 1.56 bits per heavy atom. The molecule has 75 heavy (non-hydrogen) atoms. The van der Waals surface area contributed by atoms with Gasteiger partial charge in [0, 0.05) is 52.0 Å². The standard InChI is InChI=1S/C59H72N6O8S2/c1-7-63(31-32-73-47-21-16-41(17-22-47)53(70)52-48-23-20-45(67)34-50(48)75-55(52)43-14-18-44(66)19-15-43)28-24-39-25-29-64(30-26-39)27-8-9-51(69)62-56(59(4,5)6)58(72)65-35-46(68)33-49(65)57(71)61-37(2)40-10-12-42(13-11-40)54-38(3)60-36-74-54/h10-23,34,36-37,39,46,49,56,66-68H,7-9,24-33,35H2,1-6H3,(H,61,71)(H,62,69). The van der Waals surface area contributed by atoms with Crippen LogP contribution in [0.4, 0.5) is 0 Å². The first kappa shape index (κ1) is 55.1. The number of aliphatic hydroxyl groups is 1. The van der Waals surface area contributed by atoms with Gasteiger partial charge >= 0.3 is 0 Å². The van der Waals surface area contributed by atoms with Gasteiger partial charge in [0.05, 0.1) is 28.2 Å². The van der Waals surface area contributed by atoms with Gasteiger partial charge in [-0.2, -0.15) is 0 Å². The van der Waals surface area contributed by atoms with Gasteiger partial charge in [-0.15, -0.1) is 22.7 Å². The summed E-state index contributed by atoms with van der Waals surface area (Å²) in [7, 11) is 0. The smallest absolute Gasteiger partial charge is 0.246 e. The normalized spacial score (nSPS) is 17.3. The van der Waals surface area contributed by atoms with Crippen LogP contribution in [-0.2, 0) is 14.4 Å². The number of aliphatic hydroxyl groups excluding tert-OH is 1. The zero-order valence-electron chi connectivity index (χ0n) is 44.0. The lowest BCUT2D eigenvalue weighted by molar-refractivity contribution is -0.144. The number of ketones is 1. The van der Waals surface area contributed by atoms with Crippen molar-refractivity contribution in [3.8, 4) is 38.1 Å². The van der Waals surface area contributed by atoms with Gasteiger partial charge in [0.2, 0.25) is 17.7 Å². The van der Waals surface area contributed by atoms with Crippen LogP contribution in [0, 0.1) is 18.3 Å². The molecular formula is C59H72N6O8S2. The minimum absolute atomic E-state index is 0.0227. The number of likely N-dealkylation sites (tertiary alicyclic amines) is 2. The van der Waals surface area contributed by atoms with Crippen LogP contribution in [0.15, 0.2) is 96.5 Å². The van der Waals surface area contributed by atoms with E-state index in [2.05, 4.69) is 32.3 Å². The van der Waals surface area contributed by atoms with Gasteiger partial charge in [0.1, 0.15) is 35.9 Å². The summed E-state index contributed by atoms with van der Waals surface area (Å²) in [6.45, 7) is 17.7. The molecule has 14 nitrogen and oxygen atoms in total. The summed E-state index contributed by atoms with van der Waals surface area (Å²) in [5.74, 6) is 0.564. The van der Waals surface area contributed by atoms with Crippen LogP contribution < -0.4 is 15.4 Å². The van der Waals surface area contributed by atoms with Crippen molar-refractivity contribution >= 4 is 56.3 Å². The van der Waals surface area contributed by atoms with Crippen molar-refractivity contribution in [2.75, 3.05) is 52.4 Å². The third kappa shape index (κ3) is 13.8. The first-order chi connectivity index (χ1) is 35.9. The fourth-order valence-electron chi connectivity index (χ4n) is 10.3. The number of rotatable bonds is 21. The van der Waals surface area contributed by atoms with E-state index in [9.17, 15) is 34.5 Å². The SMILES string of the molecule is CCN(CCOc1ccc(C(=O)c2c(-c3ccc(O)cc3)sc3cc(O)ccc23)cc1)CCC1CCN(CCCC(=O)NC(C(=O)N2CC(O)CC2C(=O)NC(C)c2ccc(-c3scnc3C)cc2)C(C)(C)C)CC1. The lowest BCUT2D eigenvalue weighted by Gasteiger charge is -2.35. The number of fused-ring (bicyclic) bond motifs is 1. The van der Waals surface area contributed by atoms with Crippen LogP contribution >= 0.6 is 22.7 Å². The molecule has 0 radical (unpaired) electrons. The Hall–Kier alpha value is -6.17. The molecule has 2 aromatic heterocycles. The number of hydrogen-bond donors (Lipinski definition) is 5. The number of thiophene rings is 1. The third-order valence-corrected chi connectivity index (χ3v) is 16.9. The Morgan fingerprint density at radius 3 is 2.23 bits per heavy atom. The quantitative estimate of drug-likeness (QED) is 0.0433. The van der Waals surface area contributed by atoms with Crippen LogP contribution in [0.5, 0.6) is 17.2 Å². The number of β-amino-alcohol motifs (C(OH)–C–C–N with tert-alkyl or cyclic N) is 1. The van der Waals surface area contributed by atoms with Crippen LogP contribution in [0.3, 0.4) is 0 Å². The average Bonchev–Trinajstić information content (AvgIpc) is 4.13. The van der Waals surface area contributed by atoms with Crippen LogP contribution in [0.1, 0.15) is 106 Å². The Bertz CT molecular complexity index is 2910. The molecule has 4 atom stereocenters. The number of aromatic nitrogens is 1. The summed E-state index contributed by atoms with van der Waals surface area (Å²) >= 11 is 3.02. The number of nitrogens with zero attached hydrogens (tertiary/aromatic N) is 4. The fourth-order valence-corrected chi connectivity index (χ4v) is 12.3. The topological polar surface area (TPSA) is 185 Å². The maximum absolute atomic E-state index is 14.2. The second-order valence-electron chi connectivity index (χ2n) is 21.2. The molecule has 2 saturated heterocycles. The number of phenolic OH excluding ortho intramolecular Hbond substituents is 2. The van der Waals surface area contributed by atoms with Crippen molar-refractivity contribution < 1.29 is 39.2 Å². The highest BCUT2D eigenvalue weighted by Gasteiger charge is 2.44. The molecule has 8 rings (SSSR count). The molecule has 6 aromatic rings. The Balaban J connectivity index is 0.741.